The number of rotatable bonds is 5. The minimum atomic E-state index is -3.61. The molecule has 0 radical (unpaired) electrons. The SMILES string of the molecule is CS(=O)(=O)c1ccc2nc(NC(=O)C3CCN(S(=O)(=O)c4ccc(Cl)s4)CC3)sc2c1. The van der Waals surface area contributed by atoms with E-state index in [1.165, 1.54) is 33.8 Å². The van der Waals surface area contributed by atoms with Crippen LogP contribution in [0.1, 0.15) is 12.8 Å². The van der Waals surface area contributed by atoms with Gasteiger partial charge >= 0.3 is 0 Å². The number of nitrogens with one attached hydrogen (secondary N) is 1. The van der Waals surface area contributed by atoms with Gasteiger partial charge in [0.05, 0.1) is 19.4 Å². The first-order chi connectivity index (χ1) is 14.5. The van der Waals surface area contributed by atoms with Gasteiger partial charge in [0, 0.05) is 25.3 Å². The second-order valence-electron chi connectivity index (χ2n) is 7.15. The molecule has 8 nitrogen and oxygen atoms in total. The third kappa shape index (κ3) is 4.78. The predicted octanol–water partition coefficient (Wildman–Crippen LogP) is 3.45. The van der Waals surface area contributed by atoms with E-state index in [0.717, 1.165) is 17.6 Å². The first kappa shape index (κ1) is 22.6. The van der Waals surface area contributed by atoms with E-state index in [-0.39, 0.29) is 34.0 Å². The summed E-state index contributed by atoms with van der Waals surface area (Å²) >= 11 is 8.07. The molecule has 1 fully saturated rings. The monoisotopic (exact) mass is 519 g/mol. The fourth-order valence-electron chi connectivity index (χ4n) is 3.32. The van der Waals surface area contributed by atoms with E-state index in [4.69, 9.17) is 11.6 Å². The van der Waals surface area contributed by atoms with Crippen molar-refractivity contribution in [3.05, 3.63) is 34.7 Å². The topological polar surface area (TPSA) is 114 Å². The third-order valence-electron chi connectivity index (χ3n) is 4.99. The van der Waals surface area contributed by atoms with E-state index in [1.54, 1.807) is 12.1 Å². The van der Waals surface area contributed by atoms with Crippen LogP contribution in [-0.4, -0.2) is 51.4 Å². The molecule has 0 atom stereocenters. The number of piperidine rings is 1. The number of benzene rings is 1. The molecular weight excluding hydrogens is 502 g/mol. The van der Waals surface area contributed by atoms with Crippen molar-refractivity contribution in [1.29, 1.82) is 0 Å². The van der Waals surface area contributed by atoms with Crippen molar-refractivity contribution in [3.63, 3.8) is 0 Å². The van der Waals surface area contributed by atoms with Gasteiger partial charge in [-0.3, -0.25) is 4.79 Å². The van der Waals surface area contributed by atoms with Crippen LogP contribution < -0.4 is 5.32 Å². The molecule has 0 bridgehead atoms. The summed E-state index contributed by atoms with van der Waals surface area (Å²) in [7, 11) is -6.94. The number of amides is 1. The second kappa shape index (κ2) is 8.41. The molecule has 3 heterocycles. The standard InChI is InChI=1S/C18H18ClN3O5S4/c1-30(24,25)12-2-3-13-14(10-12)28-18(20-13)21-17(23)11-6-8-22(9-7-11)31(26,27)16-5-4-15(19)29-16/h2-5,10-11H,6-9H2,1H3,(H,20,21,23). The quantitative estimate of drug-likeness (QED) is 0.552. The zero-order valence-electron chi connectivity index (χ0n) is 16.2. The van der Waals surface area contributed by atoms with Crippen LogP contribution in [0.5, 0.6) is 0 Å². The first-order valence-corrected chi connectivity index (χ1v) is 14.6. The lowest BCUT2D eigenvalue weighted by Crippen LogP contribution is -2.41. The highest BCUT2D eigenvalue weighted by atomic mass is 35.5. The Labute approximate surface area is 192 Å². The van der Waals surface area contributed by atoms with Crippen LogP contribution in [0.25, 0.3) is 10.2 Å². The number of hydrogen-bond acceptors (Lipinski definition) is 8. The van der Waals surface area contributed by atoms with Gasteiger partial charge < -0.3 is 5.32 Å². The Morgan fingerprint density at radius 3 is 2.45 bits per heavy atom. The van der Waals surface area contributed by atoms with E-state index in [2.05, 4.69) is 10.3 Å². The van der Waals surface area contributed by atoms with Crippen molar-refractivity contribution in [2.75, 3.05) is 24.7 Å². The summed E-state index contributed by atoms with van der Waals surface area (Å²) in [4.78, 5) is 17.2. The maximum Gasteiger partial charge on any atom is 0.252 e. The third-order valence-corrected chi connectivity index (χ3v) is 10.6. The van der Waals surface area contributed by atoms with E-state index in [0.29, 0.717) is 32.5 Å². The van der Waals surface area contributed by atoms with Crippen molar-refractivity contribution in [2.45, 2.75) is 21.9 Å². The van der Waals surface area contributed by atoms with E-state index in [1.807, 2.05) is 0 Å². The van der Waals surface area contributed by atoms with Crippen molar-refractivity contribution in [3.8, 4) is 0 Å². The number of fused-ring (bicyclic) bond motifs is 1. The highest BCUT2D eigenvalue weighted by Gasteiger charge is 2.33. The van der Waals surface area contributed by atoms with Crippen LogP contribution in [0.2, 0.25) is 4.34 Å². The molecule has 3 aromatic rings. The maximum absolute atomic E-state index is 12.7. The summed E-state index contributed by atoms with van der Waals surface area (Å²) in [5.74, 6) is -0.560. The zero-order chi connectivity index (χ0) is 22.4. The molecule has 0 aliphatic carbocycles. The minimum Gasteiger partial charge on any atom is -0.302 e. The average molecular weight is 520 g/mol. The van der Waals surface area contributed by atoms with Gasteiger partial charge in [0.15, 0.2) is 15.0 Å². The van der Waals surface area contributed by atoms with Gasteiger partial charge in [-0.05, 0) is 43.2 Å². The Morgan fingerprint density at radius 1 is 1.13 bits per heavy atom. The largest absolute Gasteiger partial charge is 0.302 e. The lowest BCUT2D eigenvalue weighted by atomic mass is 9.97. The lowest BCUT2D eigenvalue weighted by Gasteiger charge is -2.29. The zero-order valence-corrected chi connectivity index (χ0v) is 20.3. The van der Waals surface area contributed by atoms with Gasteiger partial charge in [0.2, 0.25) is 5.91 Å². The number of sulfonamides is 1. The molecule has 0 saturated carbocycles. The van der Waals surface area contributed by atoms with Gasteiger partial charge in [-0.1, -0.05) is 22.9 Å². The first-order valence-electron chi connectivity index (χ1n) is 9.21. The molecule has 31 heavy (non-hydrogen) atoms. The minimum absolute atomic E-state index is 0.196. The molecule has 1 aliphatic rings. The van der Waals surface area contributed by atoms with Gasteiger partial charge in [0.1, 0.15) is 4.21 Å². The van der Waals surface area contributed by atoms with Crippen LogP contribution >= 0.6 is 34.3 Å². The Balaban J connectivity index is 1.41. The van der Waals surface area contributed by atoms with Gasteiger partial charge in [-0.25, -0.2) is 21.8 Å². The Morgan fingerprint density at radius 2 is 1.84 bits per heavy atom. The number of halogens is 1. The molecule has 1 amide bonds. The number of sulfone groups is 1. The van der Waals surface area contributed by atoms with Crippen molar-refractivity contribution >= 4 is 75.4 Å². The van der Waals surface area contributed by atoms with Crippen LogP contribution in [-0.2, 0) is 24.7 Å². The summed E-state index contributed by atoms with van der Waals surface area (Å²) < 4.78 is 51.5. The Bertz CT molecular complexity index is 1360. The predicted molar refractivity (Wildman–Crippen MR) is 122 cm³/mol. The average Bonchev–Trinajstić information content (AvgIpc) is 3.32. The molecule has 13 heteroatoms. The molecule has 1 aromatic carbocycles. The fraction of sp³-hybridized carbons (Fsp3) is 0.333. The smallest absolute Gasteiger partial charge is 0.252 e. The molecule has 0 unspecified atom stereocenters. The number of aromatic nitrogens is 1. The molecular formula is C18H18ClN3O5S4. The highest BCUT2D eigenvalue weighted by Crippen LogP contribution is 2.32. The number of carbonyl (C=O) groups excluding carboxylic acids is 1. The van der Waals surface area contributed by atoms with Crippen LogP contribution in [0.15, 0.2) is 39.4 Å². The Kier molecular flexibility index (Phi) is 6.14. The number of thiazole rings is 1. The summed E-state index contributed by atoms with van der Waals surface area (Å²) in [6, 6.07) is 7.68. The normalized spacial score (nSPS) is 16.6. The van der Waals surface area contributed by atoms with Gasteiger partial charge in [-0.2, -0.15) is 4.31 Å². The van der Waals surface area contributed by atoms with E-state index >= 15 is 0 Å². The summed E-state index contributed by atoms with van der Waals surface area (Å²) in [6.45, 7) is 0.487. The van der Waals surface area contributed by atoms with E-state index in [9.17, 15) is 21.6 Å². The number of thiophene rings is 1. The lowest BCUT2D eigenvalue weighted by molar-refractivity contribution is -0.120. The molecule has 166 valence electrons. The molecule has 4 rings (SSSR count). The molecule has 1 aliphatic heterocycles. The summed E-state index contributed by atoms with van der Waals surface area (Å²) in [5.41, 5.74) is 0.600. The van der Waals surface area contributed by atoms with Crippen molar-refractivity contribution in [2.24, 2.45) is 5.92 Å². The van der Waals surface area contributed by atoms with Gasteiger partial charge in [-0.15, -0.1) is 11.3 Å². The number of anilines is 1. The maximum atomic E-state index is 12.7. The summed E-state index contributed by atoms with van der Waals surface area (Å²) in [5, 5.41) is 3.17. The van der Waals surface area contributed by atoms with Gasteiger partial charge in [0.25, 0.3) is 10.0 Å². The molecule has 2 aromatic heterocycles. The molecule has 1 saturated heterocycles. The number of hydrogen-bond donors (Lipinski definition) is 1. The van der Waals surface area contributed by atoms with E-state index < -0.39 is 19.9 Å². The fourth-order valence-corrected chi connectivity index (χ4v) is 8.06. The number of nitrogens with zero attached hydrogens (tertiary/aromatic N) is 2. The molecule has 0 spiro atoms. The Hall–Kier alpha value is -1.57. The van der Waals surface area contributed by atoms with Crippen molar-refractivity contribution in [1.82, 2.24) is 9.29 Å². The van der Waals surface area contributed by atoms with Crippen LogP contribution in [0, 0.1) is 5.92 Å². The van der Waals surface area contributed by atoms with Crippen LogP contribution in [0.4, 0.5) is 5.13 Å². The highest BCUT2D eigenvalue weighted by molar-refractivity contribution is 7.91. The molecule has 1 N–H and O–H groups in total. The second-order valence-corrected chi connectivity index (χ2v) is 14.1. The van der Waals surface area contributed by atoms with Crippen LogP contribution in [0.3, 0.4) is 0 Å². The summed E-state index contributed by atoms with van der Waals surface area (Å²) in [6.07, 6.45) is 1.93. The van der Waals surface area contributed by atoms with Crippen molar-refractivity contribution < 1.29 is 21.6 Å². The number of carbonyl (C=O) groups is 1.